The molecule has 21 heavy (non-hydrogen) atoms. The highest BCUT2D eigenvalue weighted by Crippen LogP contribution is 2.43. The molecule has 1 aromatic heterocycles. The zero-order valence-electron chi connectivity index (χ0n) is 12.5. The van der Waals surface area contributed by atoms with E-state index < -0.39 is 9.84 Å². The summed E-state index contributed by atoms with van der Waals surface area (Å²) in [5, 5.41) is 3.57. The zero-order chi connectivity index (χ0) is 15.8. The van der Waals surface area contributed by atoms with Crippen molar-refractivity contribution in [2.24, 2.45) is 5.92 Å². The minimum atomic E-state index is -3.48. The Morgan fingerprint density at radius 2 is 2.05 bits per heavy atom. The molecule has 0 spiro atoms. The Morgan fingerprint density at radius 1 is 1.43 bits per heavy atom. The van der Waals surface area contributed by atoms with E-state index in [4.69, 9.17) is 5.73 Å². The van der Waals surface area contributed by atoms with E-state index in [1.54, 1.807) is 0 Å². The first-order valence-electron chi connectivity index (χ1n) is 6.77. The Morgan fingerprint density at radius 3 is 2.52 bits per heavy atom. The molecule has 0 radical (unpaired) electrons. The van der Waals surface area contributed by atoms with Gasteiger partial charge in [0.15, 0.2) is 15.6 Å². The number of carbonyl (C=O) groups excluding carboxylic acids is 1. The molecule has 118 valence electrons. The summed E-state index contributed by atoms with van der Waals surface area (Å²) in [6.07, 6.45) is 2.86. The molecule has 0 aliphatic heterocycles. The van der Waals surface area contributed by atoms with Crippen LogP contribution < -0.4 is 11.1 Å². The molecule has 0 amide bonds. The molecule has 2 rings (SSSR count). The summed E-state index contributed by atoms with van der Waals surface area (Å²) < 4.78 is 23.9. The van der Waals surface area contributed by atoms with Gasteiger partial charge in [-0.3, -0.25) is 4.79 Å². The molecule has 0 aromatic carbocycles. The fourth-order valence-electron chi connectivity index (χ4n) is 2.02. The maximum Gasteiger partial charge on any atom is 0.180 e. The van der Waals surface area contributed by atoms with E-state index >= 15 is 0 Å². The van der Waals surface area contributed by atoms with Gasteiger partial charge in [-0.1, -0.05) is 0 Å². The molecule has 1 saturated carbocycles. The van der Waals surface area contributed by atoms with Gasteiger partial charge in [-0.2, -0.15) is 0 Å². The fraction of sp³-hybridized carbons (Fsp3) is 0.615. The second kappa shape index (κ2) is 5.94. The highest BCUT2D eigenvalue weighted by molar-refractivity contribution is 7.91. The number of nitrogens with zero attached hydrogens (tertiary/aromatic N) is 1. The van der Waals surface area contributed by atoms with Gasteiger partial charge in [0.1, 0.15) is 9.90 Å². The SMILES string of the molecule is CN(C)CCNc1sc(C(=O)C2CC2)c(N)c1S(C)(=O)=O. The van der Waals surface area contributed by atoms with E-state index in [1.165, 1.54) is 0 Å². The third-order valence-electron chi connectivity index (χ3n) is 3.29. The van der Waals surface area contributed by atoms with Gasteiger partial charge in [-0.05, 0) is 26.9 Å². The number of hydrogen-bond donors (Lipinski definition) is 2. The smallest absolute Gasteiger partial charge is 0.180 e. The Labute approximate surface area is 129 Å². The predicted molar refractivity (Wildman–Crippen MR) is 85.9 cm³/mol. The van der Waals surface area contributed by atoms with Crippen LogP contribution in [0.2, 0.25) is 0 Å². The molecule has 1 aromatic rings. The van der Waals surface area contributed by atoms with Crippen molar-refractivity contribution in [2.45, 2.75) is 17.7 Å². The largest absolute Gasteiger partial charge is 0.396 e. The van der Waals surface area contributed by atoms with Gasteiger partial charge in [-0.25, -0.2) is 8.42 Å². The standard InChI is InChI=1S/C13H21N3O3S2/c1-16(2)7-6-15-13-12(21(3,18)19)9(14)11(20-13)10(17)8-4-5-8/h8,15H,4-7,14H2,1-3H3. The van der Waals surface area contributed by atoms with Gasteiger partial charge in [0.05, 0.1) is 10.6 Å². The van der Waals surface area contributed by atoms with Gasteiger partial charge >= 0.3 is 0 Å². The Hall–Kier alpha value is -1.12. The maximum atomic E-state index is 12.2. The van der Waals surface area contributed by atoms with Crippen LogP contribution in [0.3, 0.4) is 0 Å². The quantitative estimate of drug-likeness (QED) is 0.732. The predicted octanol–water partition coefficient (Wildman–Crippen LogP) is 1.30. The summed E-state index contributed by atoms with van der Waals surface area (Å²) in [6, 6.07) is 0. The lowest BCUT2D eigenvalue weighted by Gasteiger charge is -2.11. The van der Waals surface area contributed by atoms with Crippen LogP contribution in [0.4, 0.5) is 10.7 Å². The number of nitrogens with one attached hydrogen (secondary N) is 1. The average Bonchev–Trinajstić information content (AvgIpc) is 3.11. The van der Waals surface area contributed by atoms with E-state index in [9.17, 15) is 13.2 Å². The number of nitrogen functional groups attached to an aromatic ring is 1. The molecule has 1 heterocycles. The normalized spacial score (nSPS) is 15.4. The number of thiophene rings is 1. The van der Waals surface area contributed by atoms with Crippen LogP contribution in [0.5, 0.6) is 0 Å². The topological polar surface area (TPSA) is 92.5 Å². The summed E-state index contributed by atoms with van der Waals surface area (Å²) in [7, 11) is 0.393. The Balaban J connectivity index is 2.33. The molecule has 1 fully saturated rings. The summed E-state index contributed by atoms with van der Waals surface area (Å²) in [5.41, 5.74) is 6.05. The first-order valence-corrected chi connectivity index (χ1v) is 9.47. The second-order valence-corrected chi connectivity index (χ2v) is 8.62. The van der Waals surface area contributed by atoms with E-state index in [1.807, 2.05) is 19.0 Å². The molecule has 0 saturated heterocycles. The van der Waals surface area contributed by atoms with Crippen LogP contribution in [0.1, 0.15) is 22.5 Å². The molecule has 1 aliphatic rings. The van der Waals surface area contributed by atoms with Crippen molar-refractivity contribution in [3.05, 3.63) is 4.88 Å². The lowest BCUT2D eigenvalue weighted by molar-refractivity contribution is 0.0972. The molecule has 8 heteroatoms. The number of rotatable bonds is 7. The monoisotopic (exact) mass is 331 g/mol. The number of anilines is 2. The highest BCUT2D eigenvalue weighted by Gasteiger charge is 2.35. The van der Waals surface area contributed by atoms with Crippen molar-refractivity contribution in [1.29, 1.82) is 0 Å². The van der Waals surface area contributed by atoms with Crippen LogP contribution in [0.25, 0.3) is 0 Å². The van der Waals surface area contributed by atoms with Crippen LogP contribution in [0.15, 0.2) is 4.90 Å². The first kappa shape index (κ1) is 16.3. The van der Waals surface area contributed by atoms with Gasteiger partial charge in [0, 0.05) is 25.3 Å². The molecule has 0 atom stereocenters. The zero-order valence-corrected chi connectivity index (χ0v) is 14.1. The van der Waals surface area contributed by atoms with E-state index in [2.05, 4.69) is 5.32 Å². The van der Waals surface area contributed by atoms with Gasteiger partial charge < -0.3 is 16.0 Å². The number of sulfone groups is 1. The van der Waals surface area contributed by atoms with Gasteiger partial charge in [0.2, 0.25) is 0 Å². The van der Waals surface area contributed by atoms with Gasteiger partial charge in [-0.15, -0.1) is 11.3 Å². The minimum absolute atomic E-state index is 0.0213. The van der Waals surface area contributed by atoms with Crippen molar-refractivity contribution in [1.82, 2.24) is 4.90 Å². The molecule has 0 bridgehead atoms. The van der Waals surface area contributed by atoms with E-state index in [-0.39, 0.29) is 22.3 Å². The first-order chi connectivity index (χ1) is 9.71. The number of nitrogens with two attached hydrogens (primary N) is 1. The van der Waals surface area contributed by atoms with Crippen LogP contribution in [-0.2, 0) is 9.84 Å². The highest BCUT2D eigenvalue weighted by atomic mass is 32.2. The van der Waals surface area contributed by atoms with Crippen molar-refractivity contribution in [2.75, 3.05) is 44.5 Å². The number of carbonyl (C=O) groups is 1. The lowest BCUT2D eigenvalue weighted by atomic mass is 10.2. The Kier molecular flexibility index (Phi) is 4.60. The third-order valence-corrected chi connectivity index (χ3v) is 5.76. The number of ketones is 1. The number of Topliss-reactive ketones (excluding diaryl/α,β-unsaturated/α-hetero) is 1. The van der Waals surface area contributed by atoms with Crippen LogP contribution in [0, 0.1) is 5.92 Å². The molecule has 0 unspecified atom stereocenters. The lowest BCUT2D eigenvalue weighted by Crippen LogP contribution is -2.21. The maximum absolute atomic E-state index is 12.2. The molecule has 6 nitrogen and oxygen atoms in total. The van der Waals surface area contributed by atoms with Crippen molar-refractivity contribution >= 4 is 37.6 Å². The molecule has 1 aliphatic carbocycles. The Bertz CT molecular complexity index is 646. The summed E-state index contributed by atoms with van der Waals surface area (Å²) >= 11 is 1.16. The van der Waals surface area contributed by atoms with Crippen molar-refractivity contribution in [3.63, 3.8) is 0 Å². The fourth-order valence-corrected chi connectivity index (χ4v) is 4.63. The van der Waals surface area contributed by atoms with Crippen molar-refractivity contribution in [3.8, 4) is 0 Å². The average molecular weight is 331 g/mol. The van der Waals surface area contributed by atoms with Crippen LogP contribution in [-0.4, -0.2) is 52.5 Å². The number of likely N-dealkylation sites (N-methyl/N-ethyl adjacent to an activating group) is 1. The summed E-state index contributed by atoms with van der Waals surface area (Å²) in [4.78, 5) is 14.6. The van der Waals surface area contributed by atoms with E-state index in [0.717, 1.165) is 37.0 Å². The van der Waals surface area contributed by atoms with Crippen molar-refractivity contribution < 1.29 is 13.2 Å². The minimum Gasteiger partial charge on any atom is -0.396 e. The van der Waals surface area contributed by atoms with Crippen LogP contribution >= 0.6 is 11.3 Å². The summed E-state index contributed by atoms with van der Waals surface area (Å²) in [6.45, 7) is 1.35. The molecule has 3 N–H and O–H groups in total. The second-order valence-electron chi connectivity index (χ2n) is 5.64. The van der Waals surface area contributed by atoms with E-state index in [0.29, 0.717) is 16.4 Å². The molecular weight excluding hydrogens is 310 g/mol. The third kappa shape index (κ3) is 3.75. The summed E-state index contributed by atoms with van der Waals surface area (Å²) in [5.74, 6) is -0.00366. The number of hydrogen-bond acceptors (Lipinski definition) is 7. The van der Waals surface area contributed by atoms with Gasteiger partial charge in [0.25, 0.3) is 0 Å². The molecular formula is C13H21N3O3S2.